The predicted octanol–water partition coefficient (Wildman–Crippen LogP) is 1.47. The van der Waals surface area contributed by atoms with Crippen LogP contribution < -0.4 is 0 Å². The van der Waals surface area contributed by atoms with Gasteiger partial charge in [0.1, 0.15) is 24.4 Å². The fourth-order valence-electron chi connectivity index (χ4n) is 4.13. The summed E-state index contributed by atoms with van der Waals surface area (Å²) in [6, 6.07) is 10.4. The van der Waals surface area contributed by atoms with Crippen molar-refractivity contribution in [2.75, 3.05) is 26.8 Å². The number of hydrogen-bond donors (Lipinski definition) is 0. The summed E-state index contributed by atoms with van der Waals surface area (Å²) in [6.07, 6.45) is 4.29. The smallest absolute Gasteiger partial charge is 0.224 e. The monoisotopic (exact) mass is 356 g/mol. The molecule has 0 unspecified atom stereocenters. The third-order valence-electron chi connectivity index (χ3n) is 5.52. The van der Waals surface area contributed by atoms with Gasteiger partial charge in [-0.2, -0.15) is 5.10 Å². The van der Waals surface area contributed by atoms with E-state index in [-0.39, 0.29) is 12.0 Å². The Morgan fingerprint density at radius 2 is 2.23 bits per heavy atom. The summed E-state index contributed by atoms with van der Waals surface area (Å²) in [6.45, 7) is 2.37. The van der Waals surface area contributed by atoms with E-state index in [1.54, 1.807) is 18.1 Å². The number of nitrogens with zero attached hydrogens (tertiary/aromatic N) is 4. The summed E-state index contributed by atoms with van der Waals surface area (Å²) in [7, 11) is 1.70. The van der Waals surface area contributed by atoms with Crippen molar-refractivity contribution in [1.82, 2.24) is 19.7 Å². The predicted molar refractivity (Wildman–Crippen MR) is 94.5 cm³/mol. The van der Waals surface area contributed by atoms with Crippen LogP contribution in [0.3, 0.4) is 0 Å². The summed E-state index contributed by atoms with van der Waals surface area (Å²) in [5.74, 6) is 0.449. The first kappa shape index (κ1) is 17.2. The molecule has 138 valence electrons. The number of carbonyl (C=O) groups is 1. The van der Waals surface area contributed by atoms with Crippen molar-refractivity contribution in [3.05, 3.63) is 48.5 Å². The van der Waals surface area contributed by atoms with E-state index in [1.807, 2.05) is 11.0 Å². The number of aryl methyl sites for hydroxylation is 1. The lowest BCUT2D eigenvalue weighted by Crippen LogP contribution is -2.42. The minimum absolute atomic E-state index is 0.0912. The molecule has 0 bridgehead atoms. The number of ether oxygens (including phenoxy) is 2. The van der Waals surface area contributed by atoms with Gasteiger partial charge in [0.05, 0.1) is 19.7 Å². The molecule has 26 heavy (non-hydrogen) atoms. The van der Waals surface area contributed by atoms with Crippen molar-refractivity contribution in [3.63, 3.8) is 0 Å². The number of rotatable bonds is 5. The standard InChI is InChI=1S/C19H24N4O3/c1-25-17-10-22(18(24)7-8-23-14-20-13-21-23)12-19(17)9-16(11-26-19)15-5-3-2-4-6-15/h2-6,13-14,16-17H,7-12H2,1H3/t16-,17-,19-/m1/s1. The maximum Gasteiger partial charge on any atom is 0.224 e. The lowest BCUT2D eigenvalue weighted by atomic mass is 9.87. The van der Waals surface area contributed by atoms with Gasteiger partial charge >= 0.3 is 0 Å². The molecule has 2 saturated heterocycles. The van der Waals surface area contributed by atoms with Crippen LogP contribution in [0.1, 0.15) is 24.3 Å². The molecule has 1 amide bonds. The van der Waals surface area contributed by atoms with E-state index in [9.17, 15) is 4.79 Å². The van der Waals surface area contributed by atoms with Gasteiger partial charge in [0.25, 0.3) is 0 Å². The normalized spacial score (nSPS) is 28.1. The molecule has 7 nitrogen and oxygen atoms in total. The Labute approximate surface area is 152 Å². The minimum atomic E-state index is -0.405. The second-order valence-corrected chi connectivity index (χ2v) is 7.09. The molecule has 0 radical (unpaired) electrons. The molecule has 0 N–H and O–H groups in total. The molecule has 2 aliphatic rings. The summed E-state index contributed by atoms with van der Waals surface area (Å²) in [5.41, 5.74) is 0.883. The van der Waals surface area contributed by atoms with Crippen molar-refractivity contribution < 1.29 is 14.3 Å². The fourth-order valence-corrected chi connectivity index (χ4v) is 4.13. The van der Waals surface area contributed by atoms with Crippen molar-refractivity contribution in [1.29, 1.82) is 0 Å². The van der Waals surface area contributed by atoms with E-state index in [4.69, 9.17) is 9.47 Å². The van der Waals surface area contributed by atoms with Crippen molar-refractivity contribution in [3.8, 4) is 0 Å². The highest BCUT2D eigenvalue weighted by Gasteiger charge is 2.53. The fraction of sp³-hybridized carbons (Fsp3) is 0.526. The van der Waals surface area contributed by atoms with Crippen molar-refractivity contribution in [2.45, 2.75) is 37.0 Å². The highest BCUT2D eigenvalue weighted by Crippen LogP contribution is 2.43. The molecular formula is C19H24N4O3. The third-order valence-corrected chi connectivity index (χ3v) is 5.52. The molecule has 2 aromatic rings. The topological polar surface area (TPSA) is 69.5 Å². The molecule has 1 aromatic heterocycles. The highest BCUT2D eigenvalue weighted by atomic mass is 16.6. The Hall–Kier alpha value is -2.25. The zero-order valence-electron chi connectivity index (χ0n) is 15.0. The Kier molecular flexibility index (Phi) is 4.74. The molecule has 0 aliphatic carbocycles. The van der Waals surface area contributed by atoms with Gasteiger partial charge in [-0.3, -0.25) is 9.48 Å². The number of aromatic nitrogens is 3. The number of methoxy groups -OCH3 is 1. The molecule has 1 spiro atoms. The van der Waals surface area contributed by atoms with E-state index in [0.717, 1.165) is 6.42 Å². The quantitative estimate of drug-likeness (QED) is 0.811. The molecule has 4 rings (SSSR count). The first-order valence-electron chi connectivity index (χ1n) is 9.02. The van der Waals surface area contributed by atoms with Gasteiger partial charge < -0.3 is 14.4 Å². The van der Waals surface area contributed by atoms with Crippen LogP contribution in [0.25, 0.3) is 0 Å². The molecule has 1 aromatic carbocycles. The second-order valence-electron chi connectivity index (χ2n) is 7.09. The van der Waals surface area contributed by atoms with Crippen LogP contribution in [0.5, 0.6) is 0 Å². The highest BCUT2D eigenvalue weighted by molar-refractivity contribution is 5.76. The van der Waals surface area contributed by atoms with Crippen LogP contribution in [0.15, 0.2) is 43.0 Å². The Bertz CT molecular complexity index is 737. The van der Waals surface area contributed by atoms with Gasteiger partial charge in [0.2, 0.25) is 5.91 Å². The van der Waals surface area contributed by atoms with E-state index in [2.05, 4.69) is 34.3 Å². The average molecular weight is 356 g/mol. The number of hydrogen-bond acceptors (Lipinski definition) is 5. The van der Waals surface area contributed by atoms with Crippen LogP contribution in [0.4, 0.5) is 0 Å². The van der Waals surface area contributed by atoms with Gasteiger partial charge in [-0.05, 0) is 12.0 Å². The molecule has 0 saturated carbocycles. The number of carbonyl (C=O) groups excluding carboxylic acids is 1. The van der Waals surface area contributed by atoms with Crippen LogP contribution in [-0.4, -0.2) is 64.1 Å². The summed E-state index contributed by atoms with van der Waals surface area (Å²) in [4.78, 5) is 18.4. The average Bonchev–Trinajstić information content (AvgIpc) is 3.41. The first-order chi connectivity index (χ1) is 12.7. The SMILES string of the molecule is CO[C@@H]1CN(C(=O)CCn2cncn2)C[C@]12C[C@@H](c1ccccc1)CO2. The molecule has 3 heterocycles. The molecule has 3 atom stereocenters. The molecule has 7 heteroatoms. The Morgan fingerprint density at radius 1 is 1.38 bits per heavy atom. The minimum Gasteiger partial charge on any atom is -0.377 e. The first-order valence-corrected chi connectivity index (χ1v) is 9.02. The van der Waals surface area contributed by atoms with Crippen LogP contribution in [0.2, 0.25) is 0 Å². The Balaban J connectivity index is 1.41. The van der Waals surface area contributed by atoms with Gasteiger partial charge in [0, 0.05) is 26.0 Å². The molecular weight excluding hydrogens is 332 g/mol. The number of likely N-dealkylation sites (tertiary alicyclic amines) is 1. The Morgan fingerprint density at radius 3 is 2.96 bits per heavy atom. The van der Waals surface area contributed by atoms with Gasteiger partial charge in [-0.25, -0.2) is 4.98 Å². The summed E-state index contributed by atoms with van der Waals surface area (Å²) in [5, 5.41) is 4.05. The largest absolute Gasteiger partial charge is 0.377 e. The van der Waals surface area contributed by atoms with Gasteiger partial charge in [0.15, 0.2) is 0 Å². The molecule has 2 aliphatic heterocycles. The van der Waals surface area contributed by atoms with Gasteiger partial charge in [-0.15, -0.1) is 0 Å². The van der Waals surface area contributed by atoms with Crippen LogP contribution in [0, 0.1) is 0 Å². The van der Waals surface area contributed by atoms with E-state index < -0.39 is 5.60 Å². The molecule has 2 fully saturated rings. The summed E-state index contributed by atoms with van der Waals surface area (Å²) < 4.78 is 13.6. The number of amides is 1. The maximum atomic E-state index is 12.6. The zero-order valence-corrected chi connectivity index (χ0v) is 15.0. The lowest BCUT2D eigenvalue weighted by molar-refractivity contribution is -0.131. The second kappa shape index (κ2) is 7.17. The number of benzene rings is 1. The van der Waals surface area contributed by atoms with Crippen LogP contribution >= 0.6 is 0 Å². The summed E-state index contributed by atoms with van der Waals surface area (Å²) >= 11 is 0. The van der Waals surface area contributed by atoms with E-state index >= 15 is 0 Å². The van der Waals surface area contributed by atoms with Crippen LogP contribution in [-0.2, 0) is 20.8 Å². The van der Waals surface area contributed by atoms with Crippen molar-refractivity contribution >= 4 is 5.91 Å². The maximum absolute atomic E-state index is 12.6. The zero-order chi connectivity index (χ0) is 18.0. The van der Waals surface area contributed by atoms with Gasteiger partial charge in [-0.1, -0.05) is 30.3 Å². The lowest BCUT2D eigenvalue weighted by Gasteiger charge is -2.28. The van der Waals surface area contributed by atoms with E-state index in [0.29, 0.717) is 38.6 Å². The van der Waals surface area contributed by atoms with E-state index in [1.165, 1.54) is 11.9 Å². The van der Waals surface area contributed by atoms with Crippen molar-refractivity contribution in [2.24, 2.45) is 0 Å². The third kappa shape index (κ3) is 3.24.